The first-order chi connectivity index (χ1) is 8.44. The molecule has 3 unspecified atom stereocenters. The van der Waals surface area contributed by atoms with E-state index in [1.54, 1.807) is 0 Å². The number of hydrogen-bond donors (Lipinski definition) is 4. The minimum atomic E-state index is -1.90. The van der Waals surface area contributed by atoms with Gasteiger partial charge in [-0.1, -0.05) is 6.92 Å². The van der Waals surface area contributed by atoms with Crippen molar-refractivity contribution in [2.75, 3.05) is 34.3 Å². The molecule has 114 valence electrons. The summed E-state index contributed by atoms with van der Waals surface area (Å²) in [6.45, 7) is 2.29. The fourth-order valence-corrected chi connectivity index (χ4v) is 0.946. The van der Waals surface area contributed by atoms with Crippen molar-refractivity contribution in [1.82, 2.24) is 0 Å². The number of carbonyl (C=O) groups is 2. The number of nitrogens with zero attached hydrogens (tertiary/aromatic N) is 1. The van der Waals surface area contributed by atoms with Crippen LogP contribution in [0.2, 0.25) is 0 Å². The van der Waals surface area contributed by atoms with E-state index in [2.05, 4.69) is 26.9 Å². The fourth-order valence-electron chi connectivity index (χ4n) is 0.946. The van der Waals surface area contributed by atoms with Crippen molar-refractivity contribution in [2.24, 2.45) is 11.7 Å². The van der Waals surface area contributed by atoms with Crippen LogP contribution in [0.3, 0.4) is 0 Å². The van der Waals surface area contributed by atoms with Crippen LogP contribution in [0.1, 0.15) is 6.92 Å². The summed E-state index contributed by atoms with van der Waals surface area (Å²) in [5.74, 6) is -4.00. The van der Waals surface area contributed by atoms with Gasteiger partial charge in [0.15, 0.2) is 0 Å². The topological polar surface area (TPSA) is 144 Å². The van der Waals surface area contributed by atoms with Crippen molar-refractivity contribution < 1.29 is 34.5 Å². The molecule has 0 rings (SSSR count). The summed E-state index contributed by atoms with van der Waals surface area (Å²) in [6.07, 6.45) is -3.58. The molecule has 0 heterocycles. The van der Waals surface area contributed by atoms with E-state index in [0.29, 0.717) is 0 Å². The highest BCUT2D eigenvalue weighted by Gasteiger charge is 2.26. The first-order valence-electron chi connectivity index (χ1n) is 5.71. The Balaban J connectivity index is 0. The lowest BCUT2D eigenvalue weighted by atomic mass is 9.98. The molecule has 0 aromatic carbocycles. The molecule has 0 aromatic rings. The molecule has 0 aliphatic heterocycles. The number of carboxylic acids is 1. The standard InChI is InChI=1S/C6H11NO5.C5H14NO/c1-2(3(8)5(7)10)4(9)6(11)12;1-6(2,3)4-5-7/h2-4,8-9H,1H3,(H2,7,10)(H,11,12);7H,4-5H2,1-3H3/q;+1/p-1. The molecule has 0 saturated carbocycles. The van der Waals surface area contributed by atoms with Gasteiger partial charge in [0.05, 0.1) is 39.8 Å². The molecule has 5 N–H and O–H groups in total. The predicted octanol–water partition coefficient (Wildman–Crippen LogP) is -3.74. The third-order valence-electron chi connectivity index (χ3n) is 2.30. The Kier molecular flexibility index (Phi) is 9.32. The normalized spacial score (nSPS) is 15.7. The van der Waals surface area contributed by atoms with Crippen LogP contribution in [-0.4, -0.2) is 78.2 Å². The molecule has 0 saturated heterocycles. The Morgan fingerprint density at radius 2 is 1.63 bits per heavy atom. The summed E-state index contributed by atoms with van der Waals surface area (Å²) < 4.78 is 0.844. The van der Waals surface area contributed by atoms with Gasteiger partial charge in [-0.3, -0.25) is 4.79 Å². The van der Waals surface area contributed by atoms with E-state index in [4.69, 9.17) is 15.3 Å². The number of nitrogens with two attached hydrogens (primary N) is 1. The van der Waals surface area contributed by atoms with Gasteiger partial charge in [-0.25, -0.2) is 0 Å². The van der Waals surface area contributed by atoms with Gasteiger partial charge in [-0.05, 0) is 0 Å². The summed E-state index contributed by atoms with van der Waals surface area (Å²) in [4.78, 5) is 20.4. The van der Waals surface area contributed by atoms with Crippen molar-refractivity contribution in [3.63, 3.8) is 0 Å². The molecule has 3 atom stereocenters. The maximum absolute atomic E-state index is 10.3. The van der Waals surface area contributed by atoms with Crippen molar-refractivity contribution in [1.29, 1.82) is 0 Å². The summed E-state index contributed by atoms with van der Waals surface area (Å²) in [7, 11) is 6.16. The van der Waals surface area contributed by atoms with Gasteiger partial charge in [0.2, 0.25) is 5.91 Å². The summed E-state index contributed by atoms with van der Waals surface area (Å²) in [5, 5.41) is 36.1. The van der Waals surface area contributed by atoms with Gasteiger partial charge in [-0.2, -0.15) is 0 Å². The molecule has 0 aliphatic rings. The van der Waals surface area contributed by atoms with Crippen molar-refractivity contribution in [3.8, 4) is 0 Å². The quantitative estimate of drug-likeness (QED) is 0.368. The van der Waals surface area contributed by atoms with Crippen molar-refractivity contribution in [3.05, 3.63) is 0 Å². The average molecular weight is 280 g/mol. The second kappa shape index (κ2) is 8.81. The van der Waals surface area contributed by atoms with Gasteiger partial charge in [0, 0.05) is 5.92 Å². The minimum Gasteiger partial charge on any atom is -0.547 e. The Morgan fingerprint density at radius 1 is 1.21 bits per heavy atom. The molecule has 8 heteroatoms. The lowest BCUT2D eigenvalue weighted by molar-refractivity contribution is -0.870. The minimum absolute atomic E-state index is 0.281. The summed E-state index contributed by atoms with van der Waals surface area (Å²) >= 11 is 0. The molecule has 0 fully saturated rings. The van der Waals surface area contributed by atoms with Crippen LogP contribution in [0.25, 0.3) is 0 Å². The molecule has 0 spiro atoms. The first-order valence-corrected chi connectivity index (χ1v) is 5.71. The van der Waals surface area contributed by atoms with E-state index in [0.717, 1.165) is 11.0 Å². The van der Waals surface area contributed by atoms with Crippen LogP contribution < -0.4 is 10.8 Å². The van der Waals surface area contributed by atoms with Crippen molar-refractivity contribution in [2.45, 2.75) is 19.1 Å². The van der Waals surface area contributed by atoms with Gasteiger partial charge in [0.1, 0.15) is 12.6 Å². The third-order valence-corrected chi connectivity index (χ3v) is 2.30. The fraction of sp³-hybridized carbons (Fsp3) is 0.818. The SMILES string of the molecule is CC(C(O)C(N)=O)C(O)C(=O)[O-].C[N+](C)(C)CCO. The maximum Gasteiger partial charge on any atom is 0.246 e. The van der Waals surface area contributed by atoms with Gasteiger partial charge < -0.3 is 35.4 Å². The lowest BCUT2D eigenvalue weighted by Gasteiger charge is -2.22. The van der Waals surface area contributed by atoms with Crippen LogP contribution in [0.5, 0.6) is 0 Å². The number of hydrogen-bond acceptors (Lipinski definition) is 6. The number of carboxylic acid groups (broad SMARTS) is 1. The van der Waals surface area contributed by atoms with Crippen molar-refractivity contribution >= 4 is 11.9 Å². The van der Waals surface area contributed by atoms with E-state index in [9.17, 15) is 14.7 Å². The van der Waals surface area contributed by atoms with Crippen LogP contribution in [0.4, 0.5) is 0 Å². The Hall–Kier alpha value is -1.22. The number of primary amides is 1. The zero-order chi connectivity index (χ0) is 15.8. The van der Waals surface area contributed by atoms with Crippen LogP contribution in [0, 0.1) is 5.92 Å². The molecule has 0 bridgehead atoms. The number of quaternary nitrogens is 1. The molecule has 1 amide bonds. The Labute approximate surface area is 112 Å². The smallest absolute Gasteiger partial charge is 0.246 e. The molecule has 0 aliphatic carbocycles. The van der Waals surface area contributed by atoms with Crippen LogP contribution >= 0.6 is 0 Å². The van der Waals surface area contributed by atoms with Crippen LogP contribution in [-0.2, 0) is 9.59 Å². The van der Waals surface area contributed by atoms with E-state index in [-0.39, 0.29) is 6.61 Å². The highest BCUT2D eigenvalue weighted by atomic mass is 16.4. The van der Waals surface area contributed by atoms with E-state index in [1.807, 2.05) is 0 Å². The van der Waals surface area contributed by atoms with Gasteiger partial charge in [-0.15, -0.1) is 0 Å². The second-order valence-corrected chi connectivity index (χ2v) is 5.21. The summed E-state index contributed by atoms with van der Waals surface area (Å²) in [6, 6.07) is 0. The van der Waals surface area contributed by atoms with Crippen LogP contribution in [0.15, 0.2) is 0 Å². The Bertz CT molecular complexity index is 269. The number of aliphatic hydroxyl groups excluding tert-OH is 3. The predicted molar refractivity (Wildman–Crippen MR) is 65.4 cm³/mol. The third kappa shape index (κ3) is 10.4. The summed E-state index contributed by atoms with van der Waals surface area (Å²) in [5.41, 5.74) is 4.66. The second-order valence-electron chi connectivity index (χ2n) is 5.21. The highest BCUT2D eigenvalue weighted by Crippen LogP contribution is 2.07. The maximum atomic E-state index is 10.3. The molecular weight excluding hydrogens is 256 g/mol. The molecule has 19 heavy (non-hydrogen) atoms. The zero-order valence-corrected chi connectivity index (χ0v) is 11.7. The monoisotopic (exact) mass is 280 g/mol. The molecule has 0 radical (unpaired) electrons. The van der Waals surface area contributed by atoms with Gasteiger partial charge >= 0.3 is 0 Å². The molecule has 0 aromatic heterocycles. The number of rotatable bonds is 6. The number of carbonyl (C=O) groups excluding carboxylic acids is 2. The Morgan fingerprint density at radius 3 is 1.79 bits per heavy atom. The number of aliphatic carboxylic acids is 1. The number of amides is 1. The molecule has 8 nitrogen and oxygen atoms in total. The number of likely N-dealkylation sites (N-methyl/N-ethyl adjacent to an activating group) is 1. The average Bonchev–Trinajstić information content (AvgIpc) is 2.24. The highest BCUT2D eigenvalue weighted by molar-refractivity contribution is 5.80. The van der Waals surface area contributed by atoms with Gasteiger partial charge in [0.25, 0.3) is 0 Å². The zero-order valence-electron chi connectivity index (χ0n) is 11.7. The van der Waals surface area contributed by atoms with E-state index in [1.165, 1.54) is 6.92 Å². The largest absolute Gasteiger partial charge is 0.547 e. The van der Waals surface area contributed by atoms with E-state index < -0.39 is 30.0 Å². The first kappa shape index (κ1) is 20.1. The molecular formula is C11H24N2O6. The number of aliphatic hydroxyl groups is 3. The lowest BCUT2D eigenvalue weighted by Crippen LogP contribution is -2.47. The van der Waals surface area contributed by atoms with E-state index >= 15 is 0 Å².